The zero-order chi connectivity index (χ0) is 20.8. The molecule has 3 aromatic rings. The fourth-order valence-corrected chi connectivity index (χ4v) is 5.97. The molecule has 0 bridgehead atoms. The van der Waals surface area contributed by atoms with E-state index in [2.05, 4.69) is 57.1 Å². The first-order valence-electron chi connectivity index (χ1n) is 11.9. The van der Waals surface area contributed by atoms with Gasteiger partial charge >= 0.3 is 0 Å². The molecule has 2 atom stereocenters. The van der Waals surface area contributed by atoms with Crippen LogP contribution in [-0.4, -0.2) is 64.0 Å². The van der Waals surface area contributed by atoms with Gasteiger partial charge in [0.25, 0.3) is 0 Å². The number of rotatable bonds is 4. The number of hydrogen-bond acceptors (Lipinski definition) is 5. The molecule has 2 aromatic heterocycles. The normalized spacial score (nSPS) is 24.0. The van der Waals surface area contributed by atoms with Crippen molar-refractivity contribution in [3.63, 3.8) is 0 Å². The summed E-state index contributed by atoms with van der Waals surface area (Å²) in [5, 5.41) is 0. The molecule has 6 rings (SSSR count). The minimum Gasteiger partial charge on any atom is -0.367 e. The Hall–Kier alpha value is -2.44. The van der Waals surface area contributed by atoms with Crippen molar-refractivity contribution >= 4 is 16.7 Å². The molecule has 1 unspecified atom stereocenters. The number of imidazole rings is 1. The maximum absolute atomic E-state index is 5.09. The van der Waals surface area contributed by atoms with Crippen LogP contribution in [0.3, 0.4) is 0 Å². The highest BCUT2D eigenvalue weighted by molar-refractivity contribution is 5.89. The number of aromatic amines is 1. The van der Waals surface area contributed by atoms with Gasteiger partial charge in [0.05, 0.1) is 29.5 Å². The van der Waals surface area contributed by atoms with E-state index in [0.29, 0.717) is 12.1 Å². The molecule has 0 amide bonds. The van der Waals surface area contributed by atoms with Gasteiger partial charge in [-0.1, -0.05) is 12.1 Å². The van der Waals surface area contributed by atoms with Crippen LogP contribution in [0.15, 0.2) is 36.5 Å². The van der Waals surface area contributed by atoms with E-state index in [-0.39, 0.29) is 0 Å². The van der Waals surface area contributed by atoms with Crippen molar-refractivity contribution in [3.05, 3.63) is 53.6 Å². The number of H-pyrrole nitrogens is 1. The molecular formula is C25H32N6. The summed E-state index contributed by atoms with van der Waals surface area (Å²) in [6.45, 7) is 5.50. The number of benzene rings is 1. The number of pyridine rings is 1. The third-order valence-electron chi connectivity index (χ3n) is 7.57. The van der Waals surface area contributed by atoms with Gasteiger partial charge in [0.2, 0.25) is 0 Å². The van der Waals surface area contributed by atoms with Crippen LogP contribution in [0.25, 0.3) is 11.0 Å². The minimum atomic E-state index is 0.369. The Labute approximate surface area is 184 Å². The number of aromatic nitrogens is 3. The Morgan fingerprint density at radius 2 is 2.06 bits per heavy atom. The van der Waals surface area contributed by atoms with E-state index in [1.165, 1.54) is 49.3 Å². The molecular weight excluding hydrogens is 384 g/mol. The average molecular weight is 417 g/mol. The lowest BCUT2D eigenvalue weighted by Crippen LogP contribution is -2.50. The van der Waals surface area contributed by atoms with Crippen molar-refractivity contribution in [2.24, 2.45) is 0 Å². The Balaban J connectivity index is 1.24. The third-order valence-corrected chi connectivity index (χ3v) is 7.57. The maximum atomic E-state index is 5.09. The number of piperazine rings is 1. The van der Waals surface area contributed by atoms with Gasteiger partial charge in [-0.05, 0) is 69.5 Å². The summed E-state index contributed by atoms with van der Waals surface area (Å²) in [6, 6.07) is 12.0. The van der Waals surface area contributed by atoms with Gasteiger partial charge in [0.15, 0.2) is 0 Å². The van der Waals surface area contributed by atoms with Crippen LogP contribution in [0, 0.1) is 0 Å². The highest BCUT2D eigenvalue weighted by Gasteiger charge is 2.31. The van der Waals surface area contributed by atoms with E-state index in [4.69, 9.17) is 9.97 Å². The molecule has 0 spiro atoms. The monoisotopic (exact) mass is 416 g/mol. The Bertz CT molecular complexity index is 1070. The van der Waals surface area contributed by atoms with Crippen LogP contribution in [0.1, 0.15) is 48.8 Å². The van der Waals surface area contributed by atoms with Crippen molar-refractivity contribution in [1.29, 1.82) is 0 Å². The molecule has 4 heterocycles. The first-order chi connectivity index (χ1) is 15.3. The zero-order valence-corrected chi connectivity index (χ0v) is 18.4. The summed E-state index contributed by atoms with van der Waals surface area (Å²) in [5.74, 6) is 1.05. The lowest BCUT2D eigenvalue weighted by Gasteiger charge is -2.38. The molecule has 0 saturated carbocycles. The van der Waals surface area contributed by atoms with Gasteiger partial charge < -0.3 is 9.88 Å². The first-order valence-corrected chi connectivity index (χ1v) is 11.9. The summed E-state index contributed by atoms with van der Waals surface area (Å²) >= 11 is 0. The van der Waals surface area contributed by atoms with Crippen LogP contribution in [0.5, 0.6) is 0 Å². The maximum Gasteiger partial charge on any atom is 0.121 e. The molecule has 0 radical (unpaired) electrons. The number of anilines is 1. The number of nitrogens with one attached hydrogen (secondary N) is 1. The van der Waals surface area contributed by atoms with E-state index in [0.717, 1.165) is 49.3 Å². The largest absolute Gasteiger partial charge is 0.367 e. The van der Waals surface area contributed by atoms with Crippen LogP contribution in [0.4, 0.5) is 5.69 Å². The average Bonchev–Trinajstić information content (AvgIpc) is 3.44. The van der Waals surface area contributed by atoms with E-state index in [9.17, 15) is 0 Å². The van der Waals surface area contributed by atoms with Gasteiger partial charge in [-0.2, -0.15) is 0 Å². The molecule has 31 heavy (non-hydrogen) atoms. The van der Waals surface area contributed by atoms with Gasteiger partial charge in [-0.25, -0.2) is 4.98 Å². The lowest BCUT2D eigenvalue weighted by atomic mass is 9.91. The van der Waals surface area contributed by atoms with E-state index in [1.54, 1.807) is 0 Å². The summed E-state index contributed by atoms with van der Waals surface area (Å²) in [6.07, 6.45) is 8.15. The molecule has 2 fully saturated rings. The molecule has 162 valence electrons. The summed E-state index contributed by atoms with van der Waals surface area (Å²) < 4.78 is 0. The summed E-state index contributed by atoms with van der Waals surface area (Å²) in [4.78, 5) is 21.1. The second kappa shape index (κ2) is 7.92. The van der Waals surface area contributed by atoms with Crippen molar-refractivity contribution < 1.29 is 0 Å². The smallest absolute Gasteiger partial charge is 0.121 e. The molecule has 2 saturated heterocycles. The van der Waals surface area contributed by atoms with Gasteiger partial charge in [0, 0.05) is 31.9 Å². The van der Waals surface area contributed by atoms with Crippen LogP contribution in [0.2, 0.25) is 0 Å². The Kier molecular flexibility index (Phi) is 4.92. The minimum absolute atomic E-state index is 0.369. The van der Waals surface area contributed by atoms with Crippen LogP contribution >= 0.6 is 0 Å². The number of hydrogen-bond donors (Lipinski definition) is 1. The standard InChI is InChI=1S/C25H32N6/c1-29(21-10-2-6-18-7-4-12-26-24(18)21)17-23-27-20-9-3-11-22(25(20)28-23)31-15-14-30-13-5-8-19(30)16-31/h3-4,7,9,11-12,19,21H,2,5-6,8,10,13-17H2,1H3,(H,27,28)/t19-,21?/m1/s1. The molecule has 3 aliphatic rings. The van der Waals surface area contributed by atoms with Gasteiger partial charge in [-0.3, -0.25) is 14.8 Å². The topological polar surface area (TPSA) is 51.3 Å². The molecule has 2 aliphatic heterocycles. The van der Waals surface area contributed by atoms with Crippen molar-refractivity contribution in [2.75, 3.05) is 38.1 Å². The van der Waals surface area contributed by atoms with Crippen LogP contribution < -0.4 is 4.90 Å². The number of aryl methyl sites for hydroxylation is 1. The van der Waals surface area contributed by atoms with Crippen molar-refractivity contribution in [2.45, 2.75) is 50.7 Å². The molecule has 1 aromatic carbocycles. The first kappa shape index (κ1) is 19.3. The van der Waals surface area contributed by atoms with Crippen LogP contribution in [-0.2, 0) is 13.0 Å². The van der Waals surface area contributed by atoms with Gasteiger partial charge in [0.1, 0.15) is 11.3 Å². The highest BCUT2D eigenvalue weighted by atomic mass is 15.3. The van der Waals surface area contributed by atoms with Crippen molar-refractivity contribution in [1.82, 2.24) is 24.8 Å². The van der Waals surface area contributed by atoms with E-state index < -0.39 is 0 Å². The van der Waals surface area contributed by atoms with Crippen molar-refractivity contribution in [3.8, 4) is 0 Å². The second-order valence-corrected chi connectivity index (χ2v) is 9.51. The number of fused-ring (bicyclic) bond motifs is 3. The zero-order valence-electron chi connectivity index (χ0n) is 18.4. The summed E-state index contributed by atoms with van der Waals surface area (Å²) in [5.41, 5.74) is 6.22. The third kappa shape index (κ3) is 3.52. The molecule has 1 N–H and O–H groups in total. The molecule has 6 nitrogen and oxygen atoms in total. The summed E-state index contributed by atoms with van der Waals surface area (Å²) in [7, 11) is 2.21. The predicted molar refractivity (Wildman–Crippen MR) is 124 cm³/mol. The molecule has 1 aliphatic carbocycles. The predicted octanol–water partition coefficient (Wildman–Crippen LogP) is 3.75. The second-order valence-electron chi connectivity index (χ2n) is 9.51. The highest BCUT2D eigenvalue weighted by Crippen LogP contribution is 2.34. The fraction of sp³-hybridized carbons (Fsp3) is 0.520. The number of nitrogens with zero attached hydrogens (tertiary/aromatic N) is 5. The van der Waals surface area contributed by atoms with E-state index in [1.807, 2.05) is 6.20 Å². The number of para-hydroxylation sites is 1. The Morgan fingerprint density at radius 1 is 1.10 bits per heavy atom. The lowest BCUT2D eigenvalue weighted by molar-refractivity contribution is 0.204. The SMILES string of the molecule is CN(Cc1nc2c(N3CCN4CCC[C@@H]4C3)cccc2[nH]1)C1CCCc2cccnc21. The fourth-order valence-electron chi connectivity index (χ4n) is 5.97. The van der Waals surface area contributed by atoms with Gasteiger partial charge in [-0.15, -0.1) is 0 Å². The Morgan fingerprint density at radius 3 is 3.03 bits per heavy atom. The molecule has 6 heteroatoms. The quantitative estimate of drug-likeness (QED) is 0.702. The van der Waals surface area contributed by atoms with E-state index >= 15 is 0 Å².